The average molecular weight is 353 g/mol. The molecule has 0 aliphatic carbocycles. The van der Waals surface area contributed by atoms with Crippen LogP contribution in [0.5, 0.6) is 0 Å². The van der Waals surface area contributed by atoms with Crippen LogP contribution >= 0.6 is 0 Å². The number of anilines is 2. The second-order valence-corrected chi connectivity index (χ2v) is 5.42. The van der Waals surface area contributed by atoms with Crippen molar-refractivity contribution in [3.8, 4) is 0 Å². The van der Waals surface area contributed by atoms with Gasteiger partial charge in [0.05, 0.1) is 18.4 Å². The Kier molecular flexibility index (Phi) is 4.56. The van der Waals surface area contributed by atoms with E-state index >= 15 is 0 Å². The maximum atomic E-state index is 12.1. The van der Waals surface area contributed by atoms with Gasteiger partial charge < -0.3 is 11.1 Å². The Labute approximate surface area is 146 Å². The molecule has 26 heavy (non-hydrogen) atoms. The zero-order chi connectivity index (χ0) is 18.7. The van der Waals surface area contributed by atoms with E-state index in [1.807, 2.05) is 0 Å². The zero-order valence-electron chi connectivity index (χ0n) is 13.7. The highest BCUT2D eigenvalue weighted by Crippen LogP contribution is 2.11. The molecule has 0 fully saturated rings. The molecule has 0 aliphatic heterocycles. The van der Waals surface area contributed by atoms with Gasteiger partial charge in [-0.25, -0.2) is 9.97 Å². The van der Waals surface area contributed by atoms with E-state index in [0.717, 1.165) is 5.69 Å². The third-order valence-electron chi connectivity index (χ3n) is 3.41. The number of carbonyl (C=O) groups excluding carboxylic acids is 2. The maximum absolute atomic E-state index is 12.1. The molecule has 5 N–H and O–H groups in total. The van der Waals surface area contributed by atoms with Crippen molar-refractivity contribution in [1.29, 1.82) is 0 Å². The number of nitrogens with one attached hydrogen (secondary N) is 3. The topological polar surface area (TPSA) is 156 Å². The predicted octanol–water partition coefficient (Wildman–Crippen LogP) is 0.382. The molecule has 0 unspecified atom stereocenters. The molecule has 10 heteroatoms. The number of rotatable bonds is 5. The number of aromatic nitrogens is 4. The number of benzene rings is 1. The lowest BCUT2D eigenvalue weighted by molar-refractivity contribution is -0.114. The maximum Gasteiger partial charge on any atom is 0.280 e. The summed E-state index contributed by atoms with van der Waals surface area (Å²) < 4.78 is 0. The number of amides is 2. The van der Waals surface area contributed by atoms with Gasteiger partial charge in [0.15, 0.2) is 11.2 Å². The monoisotopic (exact) mass is 353 g/mol. The summed E-state index contributed by atoms with van der Waals surface area (Å²) in [6.07, 6.45) is 1.48. The lowest BCUT2D eigenvalue weighted by Crippen LogP contribution is -2.18. The highest BCUT2D eigenvalue weighted by Gasteiger charge is 2.09. The first-order valence-corrected chi connectivity index (χ1v) is 7.59. The average Bonchev–Trinajstić information content (AvgIpc) is 2.60. The Morgan fingerprint density at radius 2 is 1.92 bits per heavy atom. The van der Waals surface area contributed by atoms with Crippen molar-refractivity contribution in [3.63, 3.8) is 0 Å². The summed E-state index contributed by atoms with van der Waals surface area (Å²) >= 11 is 0. The minimum Gasteiger partial charge on any atom is -0.379 e. The molecule has 0 saturated carbocycles. The van der Waals surface area contributed by atoms with Crippen LogP contribution in [-0.2, 0) is 11.3 Å². The standard InChI is InChI=1S/C16H15N7O3/c1-8(24)20-16-22-14-12(15(26)23-16)21-11(7-19-14)6-18-10-4-2-9(3-5-10)13(17)25/h2-5,7,18H,6H2,1H3,(H2,17,25)(H2,19,20,22,23,24,26). The largest absolute Gasteiger partial charge is 0.379 e. The molecule has 0 spiro atoms. The smallest absolute Gasteiger partial charge is 0.280 e. The first-order chi connectivity index (χ1) is 12.4. The van der Waals surface area contributed by atoms with Gasteiger partial charge in [0.25, 0.3) is 5.56 Å². The minimum absolute atomic E-state index is 0.0183. The normalized spacial score (nSPS) is 10.5. The molecule has 0 bridgehead atoms. The van der Waals surface area contributed by atoms with E-state index in [1.54, 1.807) is 24.3 Å². The van der Waals surface area contributed by atoms with Gasteiger partial charge in [-0.05, 0) is 24.3 Å². The molecular formula is C16H15N7O3. The van der Waals surface area contributed by atoms with Crippen molar-refractivity contribution in [2.45, 2.75) is 13.5 Å². The van der Waals surface area contributed by atoms with Crippen LogP contribution in [0.2, 0.25) is 0 Å². The molecule has 2 aromatic heterocycles. The van der Waals surface area contributed by atoms with Crippen LogP contribution in [0.25, 0.3) is 11.2 Å². The van der Waals surface area contributed by atoms with Crippen LogP contribution in [-0.4, -0.2) is 31.8 Å². The van der Waals surface area contributed by atoms with Crippen LogP contribution < -0.4 is 21.9 Å². The fourth-order valence-electron chi connectivity index (χ4n) is 2.21. The molecule has 1 aromatic carbocycles. The number of nitrogens with two attached hydrogens (primary N) is 1. The van der Waals surface area contributed by atoms with Crippen molar-refractivity contribution < 1.29 is 9.59 Å². The molecule has 0 atom stereocenters. The summed E-state index contributed by atoms with van der Waals surface area (Å²) in [5.74, 6) is -0.837. The Morgan fingerprint density at radius 1 is 1.19 bits per heavy atom. The number of nitrogens with zero attached hydrogens (tertiary/aromatic N) is 3. The fraction of sp³-hybridized carbons (Fsp3) is 0.125. The third kappa shape index (κ3) is 3.80. The second-order valence-electron chi connectivity index (χ2n) is 5.42. The van der Waals surface area contributed by atoms with Gasteiger partial charge in [0.1, 0.15) is 0 Å². The summed E-state index contributed by atoms with van der Waals surface area (Å²) in [5, 5.41) is 5.50. The van der Waals surface area contributed by atoms with Gasteiger partial charge >= 0.3 is 0 Å². The Morgan fingerprint density at radius 3 is 2.58 bits per heavy atom. The number of H-pyrrole nitrogens is 1. The van der Waals surface area contributed by atoms with Crippen molar-refractivity contribution in [2.24, 2.45) is 5.73 Å². The molecule has 3 rings (SSSR count). The van der Waals surface area contributed by atoms with Gasteiger partial charge in [-0.2, -0.15) is 4.98 Å². The Hall–Kier alpha value is -3.82. The number of hydrogen-bond acceptors (Lipinski definition) is 7. The second kappa shape index (κ2) is 6.97. The Bertz CT molecular complexity index is 1040. The van der Waals surface area contributed by atoms with Crippen LogP contribution in [0.3, 0.4) is 0 Å². The number of fused-ring (bicyclic) bond motifs is 1. The highest BCUT2D eigenvalue weighted by atomic mass is 16.2. The molecule has 132 valence electrons. The number of hydrogen-bond donors (Lipinski definition) is 4. The lowest BCUT2D eigenvalue weighted by Gasteiger charge is -2.07. The van der Waals surface area contributed by atoms with Gasteiger partial charge in [-0.1, -0.05) is 0 Å². The molecule has 0 radical (unpaired) electrons. The summed E-state index contributed by atoms with van der Waals surface area (Å²) in [6.45, 7) is 1.62. The van der Waals surface area contributed by atoms with Crippen molar-refractivity contribution in [3.05, 3.63) is 52.1 Å². The molecule has 0 aliphatic rings. The number of aromatic amines is 1. The van der Waals surface area contributed by atoms with E-state index in [9.17, 15) is 14.4 Å². The molecule has 3 aromatic rings. The van der Waals surface area contributed by atoms with Crippen LogP contribution in [0.4, 0.5) is 11.6 Å². The lowest BCUT2D eigenvalue weighted by atomic mass is 10.2. The first-order valence-electron chi connectivity index (χ1n) is 7.59. The van der Waals surface area contributed by atoms with E-state index in [-0.39, 0.29) is 23.0 Å². The van der Waals surface area contributed by atoms with Crippen LogP contribution in [0.1, 0.15) is 23.0 Å². The highest BCUT2D eigenvalue weighted by molar-refractivity contribution is 5.93. The van der Waals surface area contributed by atoms with E-state index < -0.39 is 11.5 Å². The van der Waals surface area contributed by atoms with Gasteiger partial charge in [0.2, 0.25) is 17.8 Å². The van der Waals surface area contributed by atoms with Crippen molar-refractivity contribution in [1.82, 2.24) is 19.9 Å². The van der Waals surface area contributed by atoms with Gasteiger partial charge in [-0.3, -0.25) is 24.7 Å². The molecule has 10 nitrogen and oxygen atoms in total. The molecular weight excluding hydrogens is 338 g/mol. The predicted molar refractivity (Wildman–Crippen MR) is 94.5 cm³/mol. The Balaban J connectivity index is 1.78. The molecule has 2 amide bonds. The van der Waals surface area contributed by atoms with E-state index in [1.165, 1.54) is 13.1 Å². The number of primary amides is 1. The van der Waals surface area contributed by atoms with Gasteiger partial charge in [-0.15, -0.1) is 0 Å². The van der Waals surface area contributed by atoms with E-state index in [0.29, 0.717) is 17.8 Å². The summed E-state index contributed by atoms with van der Waals surface area (Å²) in [6, 6.07) is 6.63. The quantitative estimate of drug-likeness (QED) is 0.516. The fourth-order valence-corrected chi connectivity index (χ4v) is 2.21. The SMILES string of the molecule is CC(=O)Nc1nc2ncc(CNc3ccc(C(N)=O)cc3)nc2c(=O)[nH]1. The summed E-state index contributed by atoms with van der Waals surface area (Å²) in [7, 11) is 0. The zero-order valence-corrected chi connectivity index (χ0v) is 13.7. The van der Waals surface area contributed by atoms with E-state index in [2.05, 4.69) is 30.6 Å². The summed E-state index contributed by atoms with van der Waals surface area (Å²) in [5.41, 5.74) is 6.59. The molecule has 0 saturated heterocycles. The van der Waals surface area contributed by atoms with Gasteiger partial charge in [0, 0.05) is 18.2 Å². The van der Waals surface area contributed by atoms with E-state index in [4.69, 9.17) is 5.73 Å². The van der Waals surface area contributed by atoms with Crippen LogP contribution in [0, 0.1) is 0 Å². The molecule has 2 heterocycles. The summed E-state index contributed by atoms with van der Waals surface area (Å²) in [4.78, 5) is 49.0. The third-order valence-corrected chi connectivity index (χ3v) is 3.41. The first kappa shape index (κ1) is 17.0. The van der Waals surface area contributed by atoms with Crippen molar-refractivity contribution >= 4 is 34.6 Å². The number of carbonyl (C=O) groups is 2. The van der Waals surface area contributed by atoms with Crippen molar-refractivity contribution in [2.75, 3.05) is 10.6 Å². The van der Waals surface area contributed by atoms with Crippen LogP contribution in [0.15, 0.2) is 35.3 Å². The minimum atomic E-state index is -0.501.